The number of carbonyl (C=O) groups excluding carboxylic acids is 1. The van der Waals surface area contributed by atoms with Gasteiger partial charge in [0.1, 0.15) is 6.61 Å². The van der Waals surface area contributed by atoms with Crippen LogP contribution in [0, 0.1) is 6.92 Å². The predicted octanol–water partition coefficient (Wildman–Crippen LogP) is 5.62. The number of ether oxygens (including phenoxy) is 2. The highest BCUT2D eigenvalue weighted by molar-refractivity contribution is 7.99. The number of carbonyl (C=O) groups is 1. The van der Waals surface area contributed by atoms with E-state index >= 15 is 0 Å². The Morgan fingerprint density at radius 2 is 1.91 bits per heavy atom. The van der Waals surface area contributed by atoms with Gasteiger partial charge >= 0.3 is 0 Å². The Hall–Kier alpha value is -2.42. The molecule has 3 rings (SSSR count). The van der Waals surface area contributed by atoms with E-state index in [1.165, 1.54) is 11.8 Å². The third kappa shape index (κ3) is 6.31. The van der Waals surface area contributed by atoms with Gasteiger partial charge in [-0.25, -0.2) is 0 Å². The third-order valence-corrected chi connectivity index (χ3v) is 5.92. The molecule has 10 heteroatoms. The molecule has 0 aliphatic heterocycles. The standard InChI is InChI=1S/C22H24Cl2N4O3S/c1-4-28-20(12-31-18-9-6-14(3)10-19(18)30-5-2)26-27-22(28)32-13-21(29)25-17-8-7-15(23)11-16(17)24/h6-11H,4-5,12-13H2,1-3H3,(H,25,29). The van der Waals surface area contributed by atoms with E-state index in [9.17, 15) is 4.79 Å². The molecule has 1 aromatic heterocycles. The fraction of sp³-hybridized carbons (Fsp3) is 0.318. The minimum absolute atomic E-state index is 0.157. The van der Waals surface area contributed by atoms with Crippen molar-refractivity contribution in [2.24, 2.45) is 0 Å². The fourth-order valence-electron chi connectivity index (χ4n) is 2.90. The summed E-state index contributed by atoms with van der Waals surface area (Å²) in [6.07, 6.45) is 0. The number of nitrogens with one attached hydrogen (secondary N) is 1. The molecule has 0 bridgehead atoms. The number of hydrogen-bond donors (Lipinski definition) is 1. The Kier molecular flexibility index (Phi) is 8.67. The Balaban J connectivity index is 1.62. The van der Waals surface area contributed by atoms with Gasteiger partial charge in [0.05, 0.1) is 23.1 Å². The van der Waals surface area contributed by atoms with Gasteiger partial charge in [-0.1, -0.05) is 41.0 Å². The van der Waals surface area contributed by atoms with Crippen LogP contribution in [0.15, 0.2) is 41.6 Å². The Morgan fingerprint density at radius 1 is 1.09 bits per heavy atom. The van der Waals surface area contributed by atoms with E-state index in [0.29, 0.717) is 51.4 Å². The zero-order valence-electron chi connectivity index (χ0n) is 18.0. The molecule has 1 amide bonds. The molecule has 7 nitrogen and oxygen atoms in total. The number of rotatable bonds is 10. The minimum Gasteiger partial charge on any atom is -0.490 e. The van der Waals surface area contributed by atoms with E-state index in [1.807, 2.05) is 43.5 Å². The van der Waals surface area contributed by atoms with Gasteiger partial charge in [0, 0.05) is 11.6 Å². The maximum Gasteiger partial charge on any atom is 0.234 e. The van der Waals surface area contributed by atoms with Crippen LogP contribution < -0.4 is 14.8 Å². The first-order valence-electron chi connectivity index (χ1n) is 10.1. The molecule has 3 aromatic rings. The van der Waals surface area contributed by atoms with Crippen molar-refractivity contribution in [3.05, 3.63) is 57.8 Å². The molecular formula is C22H24Cl2N4O3S. The highest BCUT2D eigenvalue weighted by atomic mass is 35.5. The van der Waals surface area contributed by atoms with Crippen LogP contribution in [0.1, 0.15) is 25.2 Å². The van der Waals surface area contributed by atoms with Crippen molar-refractivity contribution in [3.63, 3.8) is 0 Å². The molecule has 32 heavy (non-hydrogen) atoms. The summed E-state index contributed by atoms with van der Waals surface area (Å²) >= 11 is 13.3. The molecule has 0 atom stereocenters. The molecule has 0 unspecified atom stereocenters. The summed E-state index contributed by atoms with van der Waals surface area (Å²) in [6.45, 7) is 7.35. The lowest BCUT2D eigenvalue weighted by molar-refractivity contribution is -0.113. The van der Waals surface area contributed by atoms with Gasteiger partial charge in [-0.2, -0.15) is 0 Å². The number of nitrogens with zero attached hydrogens (tertiary/aromatic N) is 3. The number of halogens is 2. The molecule has 1 heterocycles. The molecule has 0 aliphatic rings. The lowest BCUT2D eigenvalue weighted by Gasteiger charge is -2.13. The van der Waals surface area contributed by atoms with Crippen molar-refractivity contribution >= 4 is 46.6 Å². The monoisotopic (exact) mass is 494 g/mol. The summed E-state index contributed by atoms with van der Waals surface area (Å²) in [5.74, 6) is 1.96. The van der Waals surface area contributed by atoms with E-state index < -0.39 is 0 Å². The van der Waals surface area contributed by atoms with Crippen molar-refractivity contribution in [3.8, 4) is 11.5 Å². The average Bonchev–Trinajstić information content (AvgIpc) is 3.16. The normalized spacial score (nSPS) is 10.8. The first-order chi connectivity index (χ1) is 15.4. The molecule has 170 valence electrons. The highest BCUT2D eigenvalue weighted by Gasteiger charge is 2.15. The quantitative estimate of drug-likeness (QED) is 0.368. The van der Waals surface area contributed by atoms with Crippen molar-refractivity contribution in [2.45, 2.75) is 39.1 Å². The van der Waals surface area contributed by atoms with Crippen LogP contribution in [-0.4, -0.2) is 33.0 Å². The summed E-state index contributed by atoms with van der Waals surface area (Å²) in [7, 11) is 0. The van der Waals surface area contributed by atoms with E-state index in [1.54, 1.807) is 18.2 Å². The second-order valence-corrected chi connectivity index (χ2v) is 8.56. The number of aryl methyl sites for hydroxylation is 1. The van der Waals surface area contributed by atoms with Gasteiger partial charge in [0.2, 0.25) is 5.91 Å². The van der Waals surface area contributed by atoms with Crippen LogP contribution in [0.2, 0.25) is 10.0 Å². The number of aromatic nitrogens is 3. The first-order valence-corrected chi connectivity index (χ1v) is 11.8. The largest absolute Gasteiger partial charge is 0.490 e. The molecule has 0 aliphatic carbocycles. The zero-order chi connectivity index (χ0) is 23.1. The van der Waals surface area contributed by atoms with Crippen LogP contribution >= 0.6 is 35.0 Å². The van der Waals surface area contributed by atoms with Gasteiger partial charge in [-0.15, -0.1) is 10.2 Å². The number of anilines is 1. The second kappa shape index (κ2) is 11.4. The molecule has 0 spiro atoms. The predicted molar refractivity (Wildman–Crippen MR) is 128 cm³/mol. The summed E-state index contributed by atoms with van der Waals surface area (Å²) in [5.41, 5.74) is 1.60. The van der Waals surface area contributed by atoms with Crippen molar-refractivity contribution in [1.82, 2.24) is 14.8 Å². The van der Waals surface area contributed by atoms with Crippen LogP contribution in [-0.2, 0) is 17.9 Å². The second-order valence-electron chi connectivity index (χ2n) is 6.78. The Bertz CT molecular complexity index is 1090. The fourth-order valence-corrected chi connectivity index (χ4v) is 4.18. The van der Waals surface area contributed by atoms with Gasteiger partial charge in [0.15, 0.2) is 22.5 Å². The molecule has 0 radical (unpaired) electrons. The lowest BCUT2D eigenvalue weighted by atomic mass is 10.2. The van der Waals surface area contributed by atoms with E-state index in [-0.39, 0.29) is 18.3 Å². The molecule has 2 aromatic carbocycles. The van der Waals surface area contributed by atoms with E-state index in [4.69, 9.17) is 32.7 Å². The third-order valence-electron chi connectivity index (χ3n) is 4.40. The number of amides is 1. The van der Waals surface area contributed by atoms with Gasteiger partial charge in [0.25, 0.3) is 0 Å². The SMILES string of the molecule is CCOc1cc(C)ccc1OCc1nnc(SCC(=O)Nc2ccc(Cl)cc2Cl)n1CC. The molecule has 0 fully saturated rings. The Labute approximate surface area is 201 Å². The number of benzene rings is 2. The van der Waals surface area contributed by atoms with Crippen LogP contribution in [0.4, 0.5) is 5.69 Å². The molecule has 1 N–H and O–H groups in total. The molecular weight excluding hydrogens is 471 g/mol. The van der Waals surface area contributed by atoms with Crippen LogP contribution in [0.25, 0.3) is 0 Å². The van der Waals surface area contributed by atoms with Crippen LogP contribution in [0.5, 0.6) is 11.5 Å². The molecule has 0 saturated carbocycles. The summed E-state index contributed by atoms with van der Waals surface area (Å²) in [5, 5.41) is 12.8. The van der Waals surface area contributed by atoms with Crippen molar-refractivity contribution < 1.29 is 14.3 Å². The van der Waals surface area contributed by atoms with E-state index in [2.05, 4.69) is 15.5 Å². The van der Waals surface area contributed by atoms with Crippen molar-refractivity contribution in [1.29, 1.82) is 0 Å². The number of thioether (sulfide) groups is 1. The summed E-state index contributed by atoms with van der Waals surface area (Å²) in [4.78, 5) is 12.3. The smallest absolute Gasteiger partial charge is 0.234 e. The summed E-state index contributed by atoms with van der Waals surface area (Å²) < 4.78 is 13.5. The minimum atomic E-state index is -0.205. The maximum atomic E-state index is 12.3. The average molecular weight is 495 g/mol. The lowest BCUT2D eigenvalue weighted by Crippen LogP contribution is -2.15. The van der Waals surface area contributed by atoms with Crippen LogP contribution in [0.3, 0.4) is 0 Å². The number of hydrogen-bond acceptors (Lipinski definition) is 6. The zero-order valence-corrected chi connectivity index (χ0v) is 20.4. The van der Waals surface area contributed by atoms with Gasteiger partial charge in [-0.3, -0.25) is 4.79 Å². The molecule has 0 saturated heterocycles. The topological polar surface area (TPSA) is 78.3 Å². The highest BCUT2D eigenvalue weighted by Crippen LogP contribution is 2.29. The van der Waals surface area contributed by atoms with Gasteiger partial charge in [-0.05, 0) is 56.7 Å². The Morgan fingerprint density at radius 3 is 2.62 bits per heavy atom. The van der Waals surface area contributed by atoms with E-state index in [0.717, 1.165) is 5.56 Å². The van der Waals surface area contributed by atoms with Gasteiger partial charge < -0.3 is 19.4 Å². The van der Waals surface area contributed by atoms with Crippen molar-refractivity contribution in [2.75, 3.05) is 17.7 Å². The first kappa shape index (κ1) is 24.2. The summed E-state index contributed by atoms with van der Waals surface area (Å²) in [6, 6.07) is 10.7. The maximum absolute atomic E-state index is 12.3.